The summed E-state index contributed by atoms with van der Waals surface area (Å²) in [4.78, 5) is 23.3. The van der Waals surface area contributed by atoms with Crippen molar-refractivity contribution in [2.45, 2.75) is 25.6 Å². The molecular formula is C13H12N2O5. The summed E-state index contributed by atoms with van der Waals surface area (Å²) in [6.45, 7) is 1.75. The monoisotopic (exact) mass is 276 g/mol. The fourth-order valence-corrected chi connectivity index (χ4v) is 1.99. The molecule has 1 saturated heterocycles. The van der Waals surface area contributed by atoms with Crippen LogP contribution in [0.5, 0.6) is 0 Å². The number of esters is 2. The van der Waals surface area contributed by atoms with Crippen molar-refractivity contribution in [3.05, 3.63) is 30.2 Å². The molecule has 3 heterocycles. The lowest BCUT2D eigenvalue weighted by Crippen LogP contribution is -2.22. The third kappa shape index (κ3) is 2.29. The number of hydrogen-bond donors (Lipinski definition) is 1. The molecule has 0 unspecified atom stereocenters. The fourth-order valence-electron chi connectivity index (χ4n) is 1.99. The Morgan fingerprint density at radius 1 is 1.55 bits per heavy atom. The molecular weight excluding hydrogens is 264 g/mol. The second-order valence-corrected chi connectivity index (χ2v) is 4.52. The molecule has 104 valence electrons. The van der Waals surface area contributed by atoms with E-state index in [1.807, 2.05) is 0 Å². The highest BCUT2D eigenvalue weighted by Crippen LogP contribution is 2.21. The van der Waals surface area contributed by atoms with Gasteiger partial charge in [-0.1, -0.05) is 0 Å². The predicted molar refractivity (Wildman–Crippen MR) is 65.7 cm³/mol. The number of rotatable bonds is 3. The summed E-state index contributed by atoms with van der Waals surface area (Å²) in [6.07, 6.45) is 0.787. The third-order valence-corrected chi connectivity index (χ3v) is 2.95. The molecule has 1 fully saturated rings. The maximum Gasteiger partial charge on any atom is 0.357 e. The first-order valence-electron chi connectivity index (χ1n) is 6.14. The van der Waals surface area contributed by atoms with Crippen LogP contribution >= 0.6 is 0 Å². The van der Waals surface area contributed by atoms with E-state index in [1.54, 1.807) is 19.1 Å². The zero-order valence-electron chi connectivity index (χ0n) is 10.7. The van der Waals surface area contributed by atoms with E-state index in [1.165, 1.54) is 12.3 Å². The maximum absolute atomic E-state index is 11.9. The van der Waals surface area contributed by atoms with Crippen molar-refractivity contribution in [1.82, 2.24) is 10.2 Å². The largest absolute Gasteiger partial charge is 0.463 e. The van der Waals surface area contributed by atoms with Crippen LogP contribution in [0.4, 0.5) is 0 Å². The van der Waals surface area contributed by atoms with Crippen LogP contribution in [0.2, 0.25) is 0 Å². The smallest absolute Gasteiger partial charge is 0.357 e. The highest BCUT2D eigenvalue weighted by molar-refractivity contribution is 5.91. The highest BCUT2D eigenvalue weighted by Gasteiger charge is 2.35. The standard InChI is InChI=1S/C13H12N2O5/c1-7-5-11(13(17)19-7)20-12(16)9-6-8(14-15-9)10-3-2-4-18-10/h2-4,6-7,11H,5H2,1H3,(H,14,15)/t7-,11+/m0/s1. The summed E-state index contributed by atoms with van der Waals surface area (Å²) in [7, 11) is 0. The van der Waals surface area contributed by atoms with E-state index in [0.29, 0.717) is 17.9 Å². The van der Waals surface area contributed by atoms with Crippen molar-refractivity contribution in [2.24, 2.45) is 0 Å². The van der Waals surface area contributed by atoms with E-state index < -0.39 is 18.0 Å². The average molecular weight is 276 g/mol. The van der Waals surface area contributed by atoms with Gasteiger partial charge in [0, 0.05) is 12.5 Å². The normalized spacial score (nSPS) is 21.8. The number of aromatic amines is 1. The molecule has 7 nitrogen and oxygen atoms in total. The fraction of sp³-hybridized carbons (Fsp3) is 0.308. The topological polar surface area (TPSA) is 94.4 Å². The van der Waals surface area contributed by atoms with Crippen molar-refractivity contribution in [3.8, 4) is 11.5 Å². The Bertz CT molecular complexity index is 631. The van der Waals surface area contributed by atoms with Crippen LogP contribution in [-0.4, -0.2) is 34.3 Å². The Labute approximate surface area is 113 Å². The van der Waals surface area contributed by atoms with Crippen LogP contribution in [0.3, 0.4) is 0 Å². The van der Waals surface area contributed by atoms with Crippen molar-refractivity contribution < 1.29 is 23.5 Å². The first-order valence-corrected chi connectivity index (χ1v) is 6.14. The first-order chi connectivity index (χ1) is 9.63. The Morgan fingerprint density at radius 2 is 2.40 bits per heavy atom. The van der Waals surface area contributed by atoms with Crippen LogP contribution in [0.15, 0.2) is 28.9 Å². The summed E-state index contributed by atoms with van der Waals surface area (Å²) in [5, 5.41) is 6.51. The van der Waals surface area contributed by atoms with E-state index in [9.17, 15) is 9.59 Å². The van der Waals surface area contributed by atoms with Crippen molar-refractivity contribution in [1.29, 1.82) is 0 Å². The molecule has 0 radical (unpaired) electrons. The number of cyclic esters (lactones) is 1. The Hall–Kier alpha value is -2.57. The lowest BCUT2D eigenvalue weighted by Gasteiger charge is -2.06. The molecule has 1 aliphatic heterocycles. The number of nitrogens with zero attached hydrogens (tertiary/aromatic N) is 1. The molecule has 2 aromatic heterocycles. The van der Waals surface area contributed by atoms with E-state index in [2.05, 4.69) is 10.2 Å². The van der Waals surface area contributed by atoms with Crippen LogP contribution in [0.25, 0.3) is 11.5 Å². The Balaban J connectivity index is 1.70. The van der Waals surface area contributed by atoms with Crippen LogP contribution in [0, 0.1) is 0 Å². The number of aromatic nitrogens is 2. The summed E-state index contributed by atoms with van der Waals surface area (Å²) in [5.41, 5.74) is 0.646. The molecule has 3 rings (SSSR count). The van der Waals surface area contributed by atoms with E-state index in [4.69, 9.17) is 13.9 Å². The maximum atomic E-state index is 11.9. The van der Waals surface area contributed by atoms with Crippen LogP contribution in [0.1, 0.15) is 23.8 Å². The van der Waals surface area contributed by atoms with Gasteiger partial charge in [-0.2, -0.15) is 5.10 Å². The number of carbonyl (C=O) groups excluding carboxylic acids is 2. The van der Waals surface area contributed by atoms with Crippen molar-refractivity contribution in [2.75, 3.05) is 0 Å². The molecule has 1 N–H and O–H groups in total. The third-order valence-electron chi connectivity index (χ3n) is 2.95. The molecule has 2 atom stereocenters. The van der Waals surface area contributed by atoms with Gasteiger partial charge in [0.15, 0.2) is 5.76 Å². The molecule has 20 heavy (non-hydrogen) atoms. The van der Waals surface area contributed by atoms with E-state index >= 15 is 0 Å². The number of furan rings is 1. The Morgan fingerprint density at radius 3 is 3.05 bits per heavy atom. The molecule has 0 aromatic carbocycles. The SMILES string of the molecule is C[C@H]1C[C@@H](OC(=O)c2cc(-c3ccco3)n[nH]2)C(=O)O1. The van der Waals surface area contributed by atoms with Crippen LogP contribution in [-0.2, 0) is 14.3 Å². The molecule has 0 aliphatic carbocycles. The number of nitrogens with one attached hydrogen (secondary N) is 1. The summed E-state index contributed by atoms with van der Waals surface area (Å²) < 4.78 is 15.2. The van der Waals surface area contributed by atoms with Crippen LogP contribution < -0.4 is 0 Å². The first kappa shape index (κ1) is 12.5. The van der Waals surface area contributed by atoms with E-state index in [0.717, 1.165) is 0 Å². The second-order valence-electron chi connectivity index (χ2n) is 4.52. The summed E-state index contributed by atoms with van der Waals surface area (Å²) >= 11 is 0. The lowest BCUT2D eigenvalue weighted by molar-refractivity contribution is -0.147. The summed E-state index contributed by atoms with van der Waals surface area (Å²) in [5.74, 6) is -0.628. The molecule has 0 saturated carbocycles. The Kier molecular flexibility index (Phi) is 3.02. The second kappa shape index (κ2) is 4.84. The van der Waals surface area contributed by atoms with Gasteiger partial charge in [0.1, 0.15) is 17.5 Å². The molecule has 7 heteroatoms. The summed E-state index contributed by atoms with van der Waals surface area (Å²) in [6, 6.07) is 4.95. The van der Waals surface area contributed by atoms with Gasteiger partial charge < -0.3 is 13.9 Å². The van der Waals surface area contributed by atoms with Gasteiger partial charge in [0.05, 0.1) is 6.26 Å². The molecule has 0 spiro atoms. The van der Waals surface area contributed by atoms with Crippen molar-refractivity contribution in [3.63, 3.8) is 0 Å². The lowest BCUT2D eigenvalue weighted by atomic mass is 10.2. The molecule has 0 bridgehead atoms. The zero-order valence-corrected chi connectivity index (χ0v) is 10.7. The molecule has 0 amide bonds. The van der Waals surface area contributed by atoms with Gasteiger partial charge in [-0.25, -0.2) is 9.59 Å². The van der Waals surface area contributed by atoms with Gasteiger partial charge in [-0.15, -0.1) is 0 Å². The van der Waals surface area contributed by atoms with Gasteiger partial charge in [-0.05, 0) is 19.1 Å². The van der Waals surface area contributed by atoms with Gasteiger partial charge >= 0.3 is 11.9 Å². The zero-order chi connectivity index (χ0) is 14.1. The minimum absolute atomic E-state index is 0.156. The van der Waals surface area contributed by atoms with Gasteiger partial charge in [0.25, 0.3) is 0 Å². The molecule has 2 aromatic rings. The highest BCUT2D eigenvalue weighted by atomic mass is 16.6. The predicted octanol–water partition coefficient (Wildman–Crippen LogP) is 1.53. The molecule has 1 aliphatic rings. The number of H-pyrrole nitrogens is 1. The van der Waals surface area contributed by atoms with Gasteiger partial charge in [0.2, 0.25) is 6.10 Å². The quantitative estimate of drug-likeness (QED) is 0.854. The number of carbonyl (C=O) groups is 2. The number of ether oxygens (including phenoxy) is 2. The van der Waals surface area contributed by atoms with Crippen molar-refractivity contribution >= 4 is 11.9 Å². The number of hydrogen-bond acceptors (Lipinski definition) is 6. The van der Waals surface area contributed by atoms with Gasteiger partial charge in [-0.3, -0.25) is 5.10 Å². The van der Waals surface area contributed by atoms with E-state index in [-0.39, 0.29) is 11.8 Å². The average Bonchev–Trinajstić information content (AvgIpc) is 3.11. The minimum Gasteiger partial charge on any atom is -0.463 e. The minimum atomic E-state index is -0.854.